The summed E-state index contributed by atoms with van der Waals surface area (Å²) in [6.45, 7) is 3.80. The number of fused-ring (bicyclic) bond motifs is 1. The number of nitrogens with one attached hydrogen (secondary N) is 2. The number of carbonyl (C=O) groups excluding carboxylic acids is 1. The first kappa shape index (κ1) is 14.5. The maximum Gasteiger partial charge on any atom is 0.252 e. The number of benzene rings is 1. The van der Waals surface area contributed by atoms with Crippen LogP contribution in [0.4, 0.5) is 0 Å². The Balaban J connectivity index is 1.93. The van der Waals surface area contributed by atoms with Gasteiger partial charge < -0.3 is 10.6 Å². The van der Waals surface area contributed by atoms with Crippen LogP contribution in [0, 0.1) is 6.92 Å². The quantitative estimate of drug-likeness (QED) is 0.878. The van der Waals surface area contributed by atoms with E-state index in [4.69, 9.17) is 0 Å². The van der Waals surface area contributed by atoms with Gasteiger partial charge in [0.2, 0.25) is 0 Å². The molecule has 2 N–H and O–H groups in total. The molecule has 1 aliphatic rings. The normalized spacial score (nSPS) is 18.7. The standard InChI is InChI=1S/C16H18BrN3O/c1-10-7-14(13-5-4-11(17)8-15(13)19-10)16(21)20-12-3-2-6-18-9-12/h4-5,7-8,12,18H,2-3,6,9H2,1H3,(H,20,21). The molecule has 4 nitrogen and oxygen atoms in total. The third kappa shape index (κ3) is 3.24. The van der Waals surface area contributed by atoms with Crippen molar-refractivity contribution in [3.63, 3.8) is 0 Å². The molecule has 0 spiro atoms. The molecule has 1 saturated heterocycles. The van der Waals surface area contributed by atoms with Crippen molar-refractivity contribution < 1.29 is 4.79 Å². The predicted molar refractivity (Wildman–Crippen MR) is 87.5 cm³/mol. The lowest BCUT2D eigenvalue weighted by Gasteiger charge is -2.24. The van der Waals surface area contributed by atoms with Crippen molar-refractivity contribution in [1.82, 2.24) is 15.6 Å². The number of pyridine rings is 1. The van der Waals surface area contributed by atoms with Crippen molar-refractivity contribution in [3.8, 4) is 0 Å². The van der Waals surface area contributed by atoms with Crippen LogP contribution in [0.1, 0.15) is 28.9 Å². The molecular formula is C16H18BrN3O. The Morgan fingerprint density at radius 3 is 3.05 bits per heavy atom. The lowest BCUT2D eigenvalue weighted by atomic mass is 10.0. The molecule has 1 atom stereocenters. The summed E-state index contributed by atoms with van der Waals surface area (Å²) in [5, 5.41) is 7.34. The average Bonchev–Trinajstić information content (AvgIpc) is 2.47. The summed E-state index contributed by atoms with van der Waals surface area (Å²) in [6.07, 6.45) is 2.14. The zero-order valence-corrected chi connectivity index (χ0v) is 13.5. The van der Waals surface area contributed by atoms with E-state index in [1.807, 2.05) is 31.2 Å². The molecule has 1 fully saturated rings. The summed E-state index contributed by atoms with van der Waals surface area (Å²) in [5.41, 5.74) is 2.40. The maximum atomic E-state index is 12.6. The number of hydrogen-bond donors (Lipinski definition) is 2. The third-order valence-electron chi connectivity index (χ3n) is 3.78. The van der Waals surface area contributed by atoms with E-state index in [0.29, 0.717) is 5.56 Å². The first-order valence-electron chi connectivity index (χ1n) is 7.22. The summed E-state index contributed by atoms with van der Waals surface area (Å²) in [7, 11) is 0. The molecule has 5 heteroatoms. The number of rotatable bonds is 2. The second kappa shape index (κ2) is 6.12. The zero-order valence-electron chi connectivity index (χ0n) is 11.9. The number of hydrogen-bond acceptors (Lipinski definition) is 3. The van der Waals surface area contributed by atoms with E-state index >= 15 is 0 Å². The van der Waals surface area contributed by atoms with E-state index in [2.05, 4.69) is 31.5 Å². The minimum atomic E-state index is -0.0125. The third-order valence-corrected chi connectivity index (χ3v) is 4.27. The fourth-order valence-corrected chi connectivity index (χ4v) is 3.11. The van der Waals surface area contributed by atoms with Crippen LogP contribution in [0.5, 0.6) is 0 Å². The van der Waals surface area contributed by atoms with E-state index in [1.54, 1.807) is 0 Å². The number of nitrogens with zero attached hydrogens (tertiary/aromatic N) is 1. The number of halogens is 1. The van der Waals surface area contributed by atoms with Gasteiger partial charge in [-0.3, -0.25) is 9.78 Å². The Morgan fingerprint density at radius 2 is 2.29 bits per heavy atom. The second-order valence-corrected chi connectivity index (χ2v) is 6.41. The van der Waals surface area contributed by atoms with Crippen LogP contribution in [-0.4, -0.2) is 30.0 Å². The van der Waals surface area contributed by atoms with Crippen molar-refractivity contribution in [2.24, 2.45) is 0 Å². The Hall–Kier alpha value is -1.46. The second-order valence-electron chi connectivity index (χ2n) is 5.49. The van der Waals surface area contributed by atoms with Gasteiger partial charge in [-0.1, -0.05) is 22.0 Å². The molecule has 0 aliphatic carbocycles. The number of aryl methyl sites for hydroxylation is 1. The van der Waals surface area contributed by atoms with Gasteiger partial charge >= 0.3 is 0 Å². The van der Waals surface area contributed by atoms with Crippen LogP contribution in [-0.2, 0) is 0 Å². The van der Waals surface area contributed by atoms with E-state index < -0.39 is 0 Å². The molecule has 1 aromatic carbocycles. The highest BCUT2D eigenvalue weighted by Gasteiger charge is 2.18. The van der Waals surface area contributed by atoms with Crippen LogP contribution < -0.4 is 10.6 Å². The molecule has 0 bridgehead atoms. The Morgan fingerprint density at radius 1 is 1.43 bits per heavy atom. The highest BCUT2D eigenvalue weighted by molar-refractivity contribution is 9.10. The zero-order chi connectivity index (χ0) is 14.8. The SMILES string of the molecule is Cc1cc(C(=O)NC2CCCNC2)c2ccc(Br)cc2n1. The van der Waals surface area contributed by atoms with Crippen LogP contribution in [0.15, 0.2) is 28.7 Å². The minimum Gasteiger partial charge on any atom is -0.348 e. The topological polar surface area (TPSA) is 54.0 Å². The first-order chi connectivity index (χ1) is 10.1. The van der Waals surface area contributed by atoms with E-state index in [9.17, 15) is 4.79 Å². The molecule has 1 amide bonds. The van der Waals surface area contributed by atoms with E-state index in [-0.39, 0.29) is 11.9 Å². The summed E-state index contributed by atoms with van der Waals surface area (Å²) in [5.74, 6) is -0.0125. The fraction of sp³-hybridized carbons (Fsp3) is 0.375. The Bertz CT molecular complexity index is 675. The van der Waals surface area contributed by atoms with Crippen LogP contribution in [0.3, 0.4) is 0 Å². The van der Waals surface area contributed by atoms with Crippen molar-refractivity contribution in [2.75, 3.05) is 13.1 Å². The van der Waals surface area contributed by atoms with E-state index in [1.165, 1.54) is 0 Å². The number of piperidine rings is 1. The molecule has 3 rings (SSSR count). The van der Waals surface area contributed by atoms with Crippen molar-refractivity contribution in [1.29, 1.82) is 0 Å². The average molecular weight is 348 g/mol. The van der Waals surface area contributed by atoms with Gasteiger partial charge in [0, 0.05) is 28.1 Å². The maximum absolute atomic E-state index is 12.6. The van der Waals surface area contributed by atoms with Gasteiger partial charge in [-0.25, -0.2) is 0 Å². The molecule has 0 saturated carbocycles. The number of carbonyl (C=O) groups is 1. The lowest BCUT2D eigenvalue weighted by molar-refractivity contribution is 0.0932. The van der Waals surface area contributed by atoms with Crippen LogP contribution in [0.25, 0.3) is 10.9 Å². The van der Waals surface area contributed by atoms with Crippen molar-refractivity contribution in [2.45, 2.75) is 25.8 Å². The van der Waals surface area contributed by atoms with Gasteiger partial charge in [0.25, 0.3) is 5.91 Å². The number of amides is 1. The highest BCUT2D eigenvalue weighted by atomic mass is 79.9. The number of aromatic nitrogens is 1. The summed E-state index contributed by atoms with van der Waals surface area (Å²) in [4.78, 5) is 17.1. The summed E-state index contributed by atoms with van der Waals surface area (Å²) < 4.78 is 0.968. The smallest absolute Gasteiger partial charge is 0.252 e. The van der Waals surface area contributed by atoms with Crippen molar-refractivity contribution >= 4 is 32.7 Å². The molecule has 110 valence electrons. The highest BCUT2D eigenvalue weighted by Crippen LogP contribution is 2.22. The lowest BCUT2D eigenvalue weighted by Crippen LogP contribution is -2.45. The van der Waals surface area contributed by atoms with Gasteiger partial charge in [-0.15, -0.1) is 0 Å². The van der Waals surface area contributed by atoms with Gasteiger partial charge in [-0.2, -0.15) is 0 Å². The Labute approximate surface area is 132 Å². The molecule has 2 aromatic rings. The predicted octanol–water partition coefficient (Wildman–Crippen LogP) is 2.79. The first-order valence-corrected chi connectivity index (χ1v) is 8.01. The van der Waals surface area contributed by atoms with Gasteiger partial charge in [0.15, 0.2) is 0 Å². The van der Waals surface area contributed by atoms with Gasteiger partial charge in [0.1, 0.15) is 0 Å². The fourth-order valence-electron chi connectivity index (χ4n) is 2.76. The molecule has 21 heavy (non-hydrogen) atoms. The molecule has 2 heterocycles. The molecule has 1 aromatic heterocycles. The monoisotopic (exact) mass is 347 g/mol. The summed E-state index contributed by atoms with van der Waals surface area (Å²) >= 11 is 3.45. The largest absolute Gasteiger partial charge is 0.348 e. The van der Waals surface area contributed by atoms with Gasteiger partial charge in [-0.05, 0) is 44.5 Å². The Kier molecular flexibility index (Phi) is 4.22. The molecular weight excluding hydrogens is 330 g/mol. The molecule has 1 unspecified atom stereocenters. The van der Waals surface area contributed by atoms with Crippen molar-refractivity contribution in [3.05, 3.63) is 40.0 Å². The summed E-state index contributed by atoms with van der Waals surface area (Å²) in [6, 6.07) is 7.91. The van der Waals surface area contributed by atoms with E-state index in [0.717, 1.165) is 47.0 Å². The molecule has 1 aliphatic heterocycles. The van der Waals surface area contributed by atoms with Crippen LogP contribution >= 0.6 is 15.9 Å². The molecule has 0 radical (unpaired) electrons. The van der Waals surface area contributed by atoms with Crippen LogP contribution in [0.2, 0.25) is 0 Å². The van der Waals surface area contributed by atoms with Gasteiger partial charge in [0.05, 0.1) is 11.1 Å². The minimum absolute atomic E-state index is 0.0125.